The maximum absolute atomic E-state index is 9.06. The van der Waals surface area contributed by atoms with E-state index in [1.807, 2.05) is 7.05 Å². The van der Waals surface area contributed by atoms with E-state index < -0.39 is 0 Å². The van der Waals surface area contributed by atoms with Gasteiger partial charge in [0.2, 0.25) is 0 Å². The number of β-amino-alcohol motifs (C(OH)–C–C–N with tert-alkyl or cyclic N) is 1. The lowest BCUT2D eigenvalue weighted by molar-refractivity contribution is 0.204. The van der Waals surface area contributed by atoms with Crippen molar-refractivity contribution in [1.29, 1.82) is 0 Å². The number of aliphatic hydroxyl groups excluding tert-OH is 1. The molecule has 0 bridgehead atoms. The van der Waals surface area contributed by atoms with Crippen LogP contribution in [0.1, 0.15) is 18.9 Å². The van der Waals surface area contributed by atoms with Crippen molar-refractivity contribution < 1.29 is 5.11 Å². The van der Waals surface area contributed by atoms with Gasteiger partial charge in [-0.25, -0.2) is 9.97 Å². The largest absolute Gasteiger partial charge is 0.395 e. The van der Waals surface area contributed by atoms with Crippen molar-refractivity contribution in [3.05, 3.63) is 11.9 Å². The summed E-state index contributed by atoms with van der Waals surface area (Å²) in [4.78, 5) is 13.5. The Kier molecular flexibility index (Phi) is 5.55. The van der Waals surface area contributed by atoms with Crippen molar-refractivity contribution >= 4 is 11.6 Å². The first-order valence-corrected chi connectivity index (χ1v) is 7.40. The Morgan fingerprint density at radius 3 is 2.80 bits per heavy atom. The lowest BCUT2D eigenvalue weighted by Gasteiger charge is -2.25. The summed E-state index contributed by atoms with van der Waals surface area (Å²) in [5.74, 6) is 1.98. The van der Waals surface area contributed by atoms with Crippen molar-refractivity contribution in [2.24, 2.45) is 0 Å². The number of aliphatic hydroxyl groups is 1. The molecule has 2 rings (SSSR count). The van der Waals surface area contributed by atoms with E-state index in [4.69, 9.17) is 5.11 Å². The van der Waals surface area contributed by atoms with Crippen LogP contribution in [0.2, 0.25) is 0 Å². The summed E-state index contributed by atoms with van der Waals surface area (Å²) in [7, 11) is 1.90. The third-order valence-electron chi connectivity index (χ3n) is 3.82. The molecule has 1 aliphatic rings. The van der Waals surface area contributed by atoms with Crippen molar-refractivity contribution in [2.75, 3.05) is 56.6 Å². The molecule has 20 heavy (non-hydrogen) atoms. The molecule has 1 aromatic heterocycles. The summed E-state index contributed by atoms with van der Waals surface area (Å²) in [6.45, 7) is 7.11. The second-order valence-corrected chi connectivity index (χ2v) is 5.03. The third-order valence-corrected chi connectivity index (χ3v) is 3.82. The summed E-state index contributed by atoms with van der Waals surface area (Å²) >= 11 is 0. The fourth-order valence-corrected chi connectivity index (χ4v) is 2.76. The Morgan fingerprint density at radius 1 is 1.25 bits per heavy atom. The van der Waals surface area contributed by atoms with Gasteiger partial charge in [0, 0.05) is 38.8 Å². The molecule has 0 radical (unpaired) electrons. The Balaban J connectivity index is 2.15. The fraction of sp³-hybridized carbons (Fsp3) is 0.714. The lowest BCUT2D eigenvalue weighted by Crippen LogP contribution is -2.33. The standard InChI is InChI=1S/C14H25N5O/c1-3-12-13(15-2)16-11-17-14(12)19-6-4-5-18(7-8-19)9-10-20/h11,20H,3-10H2,1-2H3,(H,15,16,17). The molecular weight excluding hydrogens is 254 g/mol. The molecule has 0 atom stereocenters. The average molecular weight is 279 g/mol. The van der Waals surface area contributed by atoms with E-state index in [2.05, 4.69) is 32.0 Å². The molecular formula is C14H25N5O. The van der Waals surface area contributed by atoms with Crippen LogP contribution in [0.15, 0.2) is 6.33 Å². The number of hydrogen-bond acceptors (Lipinski definition) is 6. The zero-order valence-electron chi connectivity index (χ0n) is 12.5. The van der Waals surface area contributed by atoms with Gasteiger partial charge in [0.05, 0.1) is 6.61 Å². The highest BCUT2D eigenvalue weighted by Gasteiger charge is 2.19. The monoisotopic (exact) mass is 279 g/mol. The first-order chi connectivity index (χ1) is 9.80. The highest BCUT2D eigenvalue weighted by molar-refractivity contribution is 5.58. The first kappa shape index (κ1) is 15.0. The number of rotatable bonds is 5. The topological polar surface area (TPSA) is 64.5 Å². The molecule has 0 aliphatic carbocycles. The van der Waals surface area contributed by atoms with Crippen LogP contribution in [0.3, 0.4) is 0 Å². The van der Waals surface area contributed by atoms with Crippen molar-refractivity contribution in [3.63, 3.8) is 0 Å². The van der Waals surface area contributed by atoms with Crippen molar-refractivity contribution in [1.82, 2.24) is 14.9 Å². The quantitative estimate of drug-likeness (QED) is 0.822. The molecule has 6 heteroatoms. The second-order valence-electron chi connectivity index (χ2n) is 5.03. The van der Waals surface area contributed by atoms with Crippen LogP contribution in [0.25, 0.3) is 0 Å². The molecule has 0 saturated carbocycles. The van der Waals surface area contributed by atoms with Gasteiger partial charge in [-0.1, -0.05) is 6.92 Å². The highest BCUT2D eigenvalue weighted by atomic mass is 16.3. The molecule has 1 fully saturated rings. The Morgan fingerprint density at radius 2 is 2.10 bits per heavy atom. The molecule has 2 heterocycles. The number of aromatic nitrogens is 2. The van der Waals surface area contributed by atoms with E-state index in [9.17, 15) is 0 Å². The van der Waals surface area contributed by atoms with Gasteiger partial charge in [-0.15, -0.1) is 0 Å². The molecule has 112 valence electrons. The number of nitrogens with zero attached hydrogens (tertiary/aromatic N) is 4. The maximum atomic E-state index is 9.06. The average Bonchev–Trinajstić information content (AvgIpc) is 2.72. The Labute approximate surface area is 120 Å². The fourth-order valence-electron chi connectivity index (χ4n) is 2.76. The highest BCUT2D eigenvalue weighted by Crippen LogP contribution is 2.24. The minimum absolute atomic E-state index is 0.234. The predicted octanol–water partition coefficient (Wildman–Crippen LogP) is 0.585. The summed E-state index contributed by atoms with van der Waals surface area (Å²) in [6, 6.07) is 0. The minimum atomic E-state index is 0.234. The van der Waals surface area contributed by atoms with Crippen LogP contribution in [0.5, 0.6) is 0 Å². The second kappa shape index (κ2) is 7.40. The summed E-state index contributed by atoms with van der Waals surface area (Å²) < 4.78 is 0. The predicted molar refractivity (Wildman–Crippen MR) is 81.3 cm³/mol. The summed E-state index contributed by atoms with van der Waals surface area (Å²) in [5, 5.41) is 12.2. The van der Waals surface area contributed by atoms with E-state index in [0.29, 0.717) is 0 Å². The Bertz CT molecular complexity index is 426. The van der Waals surface area contributed by atoms with Crippen LogP contribution in [-0.2, 0) is 6.42 Å². The molecule has 1 saturated heterocycles. The molecule has 0 unspecified atom stereocenters. The van der Waals surface area contributed by atoms with Gasteiger partial charge in [0.15, 0.2) is 0 Å². The van der Waals surface area contributed by atoms with Gasteiger partial charge < -0.3 is 15.3 Å². The number of hydrogen-bond donors (Lipinski definition) is 2. The Hall–Kier alpha value is -1.40. The smallest absolute Gasteiger partial charge is 0.137 e. The van der Waals surface area contributed by atoms with Crippen molar-refractivity contribution in [3.8, 4) is 0 Å². The van der Waals surface area contributed by atoms with Gasteiger partial charge in [-0.2, -0.15) is 0 Å². The zero-order chi connectivity index (χ0) is 14.4. The van der Waals surface area contributed by atoms with E-state index in [0.717, 1.165) is 57.2 Å². The van der Waals surface area contributed by atoms with Gasteiger partial charge in [-0.3, -0.25) is 4.90 Å². The van der Waals surface area contributed by atoms with E-state index in [1.54, 1.807) is 6.33 Å². The molecule has 0 amide bonds. The van der Waals surface area contributed by atoms with Gasteiger partial charge in [0.1, 0.15) is 18.0 Å². The minimum Gasteiger partial charge on any atom is -0.395 e. The van der Waals surface area contributed by atoms with Crippen molar-refractivity contribution in [2.45, 2.75) is 19.8 Å². The van der Waals surface area contributed by atoms with Crippen LogP contribution in [-0.4, -0.2) is 66.4 Å². The SMILES string of the molecule is CCc1c(NC)ncnc1N1CCCN(CCO)CC1. The zero-order valence-corrected chi connectivity index (χ0v) is 12.5. The van der Waals surface area contributed by atoms with Gasteiger partial charge >= 0.3 is 0 Å². The lowest BCUT2D eigenvalue weighted by atomic mass is 10.2. The van der Waals surface area contributed by atoms with Crippen LogP contribution in [0.4, 0.5) is 11.6 Å². The van der Waals surface area contributed by atoms with Gasteiger partial charge in [0.25, 0.3) is 0 Å². The van der Waals surface area contributed by atoms with E-state index in [1.165, 1.54) is 5.56 Å². The maximum Gasteiger partial charge on any atom is 0.137 e. The number of nitrogens with one attached hydrogen (secondary N) is 1. The van der Waals surface area contributed by atoms with E-state index >= 15 is 0 Å². The van der Waals surface area contributed by atoms with Crippen LogP contribution >= 0.6 is 0 Å². The third kappa shape index (κ3) is 3.37. The van der Waals surface area contributed by atoms with E-state index in [-0.39, 0.29) is 6.61 Å². The van der Waals surface area contributed by atoms with Crippen LogP contribution < -0.4 is 10.2 Å². The summed E-state index contributed by atoms with van der Waals surface area (Å²) in [5.41, 5.74) is 1.19. The molecule has 0 spiro atoms. The molecule has 0 aromatic carbocycles. The van der Waals surface area contributed by atoms with Gasteiger partial charge in [-0.05, 0) is 19.4 Å². The molecule has 1 aromatic rings. The molecule has 2 N–H and O–H groups in total. The normalized spacial score (nSPS) is 17.1. The first-order valence-electron chi connectivity index (χ1n) is 7.40. The number of anilines is 2. The molecule has 1 aliphatic heterocycles. The summed E-state index contributed by atoms with van der Waals surface area (Å²) in [6.07, 6.45) is 3.65. The van der Waals surface area contributed by atoms with Crippen LogP contribution in [0, 0.1) is 0 Å². The molecule has 6 nitrogen and oxygen atoms in total.